The molecule has 0 unspecified atom stereocenters. The van der Waals surface area contributed by atoms with Crippen molar-refractivity contribution in [1.82, 2.24) is 15.2 Å². The molecule has 0 saturated heterocycles. The van der Waals surface area contributed by atoms with Gasteiger partial charge in [-0.25, -0.2) is 4.98 Å². The molecule has 0 radical (unpaired) electrons. The molecule has 0 saturated carbocycles. The second-order valence-corrected chi connectivity index (χ2v) is 4.62. The van der Waals surface area contributed by atoms with Gasteiger partial charge in [-0.2, -0.15) is 5.10 Å². The zero-order valence-corrected chi connectivity index (χ0v) is 11.4. The first-order valence-electron chi connectivity index (χ1n) is 5.49. The van der Waals surface area contributed by atoms with Gasteiger partial charge in [-0.15, -0.1) is 0 Å². The van der Waals surface area contributed by atoms with Crippen LogP contribution >= 0.6 is 15.9 Å². The molecular weight excluding hydrogens is 282 g/mol. The molecule has 1 aromatic carbocycles. The summed E-state index contributed by atoms with van der Waals surface area (Å²) < 4.78 is 6.30. The zero-order chi connectivity index (χ0) is 12.3. The number of H-pyrrole nitrogens is 1. The molecule has 1 N–H and O–H groups in total. The summed E-state index contributed by atoms with van der Waals surface area (Å²) in [5, 5.41) is 7.15. The first-order chi connectivity index (χ1) is 8.24. The smallest absolute Gasteiger partial charge is 0.184 e. The van der Waals surface area contributed by atoms with Crippen LogP contribution in [0.3, 0.4) is 0 Å². The Labute approximate surface area is 109 Å². The molecule has 90 valence electrons. The lowest BCUT2D eigenvalue weighted by atomic mass is 10.2. The molecule has 1 heterocycles. The number of benzene rings is 1. The number of aromatic amines is 1. The van der Waals surface area contributed by atoms with Crippen LogP contribution in [0.25, 0.3) is 11.4 Å². The van der Waals surface area contributed by atoms with Crippen LogP contribution in [0.4, 0.5) is 0 Å². The summed E-state index contributed by atoms with van der Waals surface area (Å²) in [6.07, 6.45) is 1.96. The summed E-state index contributed by atoms with van der Waals surface area (Å²) in [5.41, 5.74) is 0.898. The fourth-order valence-electron chi connectivity index (χ4n) is 1.61. The van der Waals surface area contributed by atoms with E-state index in [0.717, 1.165) is 34.5 Å². The highest BCUT2D eigenvalue weighted by atomic mass is 79.9. The van der Waals surface area contributed by atoms with Crippen LogP contribution in [-0.4, -0.2) is 22.3 Å². The van der Waals surface area contributed by atoms with Gasteiger partial charge in [0.25, 0.3) is 0 Å². The number of nitrogens with one attached hydrogen (secondary N) is 1. The van der Waals surface area contributed by atoms with Crippen molar-refractivity contribution in [2.45, 2.75) is 19.8 Å². The standard InChI is InChI=1S/C12H14BrN3O/c1-3-4-11-14-12(16-15-11)9-6-5-8(13)7-10(9)17-2/h5-7H,3-4H2,1-2H3,(H,14,15,16). The van der Waals surface area contributed by atoms with Crippen molar-refractivity contribution < 1.29 is 4.74 Å². The molecule has 0 aliphatic rings. The van der Waals surface area contributed by atoms with Crippen LogP contribution in [0.5, 0.6) is 5.75 Å². The number of aromatic nitrogens is 3. The fraction of sp³-hybridized carbons (Fsp3) is 0.333. The molecule has 0 aliphatic heterocycles. The summed E-state index contributed by atoms with van der Waals surface area (Å²) in [6, 6.07) is 5.81. The fourth-order valence-corrected chi connectivity index (χ4v) is 1.95. The average Bonchev–Trinajstić information content (AvgIpc) is 2.78. The van der Waals surface area contributed by atoms with Gasteiger partial charge in [0.1, 0.15) is 11.6 Å². The van der Waals surface area contributed by atoms with E-state index < -0.39 is 0 Å². The Balaban J connectivity index is 2.37. The maximum absolute atomic E-state index is 5.33. The van der Waals surface area contributed by atoms with E-state index in [2.05, 4.69) is 38.0 Å². The third-order valence-electron chi connectivity index (χ3n) is 2.42. The molecule has 0 atom stereocenters. The lowest BCUT2D eigenvalue weighted by Gasteiger charge is -2.05. The van der Waals surface area contributed by atoms with Gasteiger partial charge in [-0.3, -0.25) is 5.10 Å². The van der Waals surface area contributed by atoms with Crippen LogP contribution in [0.2, 0.25) is 0 Å². The Kier molecular flexibility index (Phi) is 3.78. The van der Waals surface area contributed by atoms with Gasteiger partial charge < -0.3 is 4.74 Å². The van der Waals surface area contributed by atoms with Gasteiger partial charge in [0, 0.05) is 10.9 Å². The molecule has 0 bridgehead atoms. The number of rotatable bonds is 4. The van der Waals surface area contributed by atoms with Crippen molar-refractivity contribution >= 4 is 15.9 Å². The number of hydrogen-bond donors (Lipinski definition) is 1. The highest BCUT2D eigenvalue weighted by Gasteiger charge is 2.11. The van der Waals surface area contributed by atoms with Crippen LogP contribution in [0.1, 0.15) is 19.2 Å². The monoisotopic (exact) mass is 295 g/mol. The maximum Gasteiger partial charge on any atom is 0.184 e. The molecular formula is C12H14BrN3O. The van der Waals surface area contributed by atoms with Gasteiger partial charge >= 0.3 is 0 Å². The van der Waals surface area contributed by atoms with Crippen LogP contribution in [0.15, 0.2) is 22.7 Å². The highest BCUT2D eigenvalue weighted by Crippen LogP contribution is 2.30. The summed E-state index contributed by atoms with van der Waals surface area (Å²) in [4.78, 5) is 4.45. The molecule has 4 nitrogen and oxygen atoms in total. The van der Waals surface area contributed by atoms with E-state index in [1.807, 2.05) is 18.2 Å². The Morgan fingerprint density at radius 3 is 2.94 bits per heavy atom. The van der Waals surface area contributed by atoms with Crippen LogP contribution < -0.4 is 4.74 Å². The number of hydrogen-bond acceptors (Lipinski definition) is 3. The topological polar surface area (TPSA) is 50.8 Å². The third-order valence-corrected chi connectivity index (χ3v) is 2.92. The summed E-state index contributed by atoms with van der Waals surface area (Å²) in [7, 11) is 1.64. The molecule has 5 heteroatoms. The summed E-state index contributed by atoms with van der Waals surface area (Å²) >= 11 is 3.41. The Morgan fingerprint density at radius 1 is 1.41 bits per heavy atom. The molecule has 0 amide bonds. The Bertz CT molecular complexity index is 510. The third kappa shape index (κ3) is 2.66. The van der Waals surface area contributed by atoms with Crippen LogP contribution in [0, 0.1) is 0 Å². The second-order valence-electron chi connectivity index (χ2n) is 3.70. The molecule has 2 rings (SSSR count). The minimum Gasteiger partial charge on any atom is -0.496 e. The minimum absolute atomic E-state index is 0.679. The number of halogens is 1. The van der Waals surface area contributed by atoms with E-state index in [1.165, 1.54) is 0 Å². The molecule has 0 spiro atoms. The minimum atomic E-state index is 0.679. The Hall–Kier alpha value is -1.36. The molecule has 1 aromatic heterocycles. The highest BCUT2D eigenvalue weighted by molar-refractivity contribution is 9.10. The van der Waals surface area contributed by atoms with E-state index in [-0.39, 0.29) is 0 Å². The van der Waals surface area contributed by atoms with E-state index in [0.29, 0.717) is 5.82 Å². The van der Waals surface area contributed by atoms with Crippen molar-refractivity contribution in [3.63, 3.8) is 0 Å². The van der Waals surface area contributed by atoms with Crippen molar-refractivity contribution in [1.29, 1.82) is 0 Å². The molecule has 2 aromatic rings. The van der Waals surface area contributed by atoms with Gasteiger partial charge in [-0.05, 0) is 24.6 Å². The predicted octanol–water partition coefficient (Wildman–Crippen LogP) is 3.20. The second kappa shape index (κ2) is 5.31. The van der Waals surface area contributed by atoms with Crippen LogP contribution in [-0.2, 0) is 6.42 Å². The van der Waals surface area contributed by atoms with Gasteiger partial charge in [0.2, 0.25) is 0 Å². The first kappa shape index (κ1) is 12.1. The van der Waals surface area contributed by atoms with Crippen molar-refractivity contribution in [3.8, 4) is 17.1 Å². The Morgan fingerprint density at radius 2 is 2.24 bits per heavy atom. The van der Waals surface area contributed by atoms with E-state index in [1.54, 1.807) is 7.11 Å². The normalized spacial score (nSPS) is 10.5. The quantitative estimate of drug-likeness (QED) is 0.942. The largest absolute Gasteiger partial charge is 0.496 e. The first-order valence-corrected chi connectivity index (χ1v) is 6.29. The van der Waals surface area contributed by atoms with E-state index in [9.17, 15) is 0 Å². The number of nitrogens with zero attached hydrogens (tertiary/aromatic N) is 2. The SMILES string of the molecule is CCCc1nc(-c2ccc(Br)cc2OC)n[nH]1. The van der Waals surface area contributed by atoms with E-state index in [4.69, 9.17) is 4.74 Å². The van der Waals surface area contributed by atoms with Gasteiger partial charge in [0.05, 0.1) is 12.7 Å². The van der Waals surface area contributed by atoms with Gasteiger partial charge in [0.15, 0.2) is 5.82 Å². The summed E-state index contributed by atoms with van der Waals surface area (Å²) in [6.45, 7) is 2.11. The number of aryl methyl sites for hydroxylation is 1. The zero-order valence-electron chi connectivity index (χ0n) is 9.83. The lowest BCUT2D eigenvalue weighted by Crippen LogP contribution is -1.90. The molecule has 17 heavy (non-hydrogen) atoms. The summed E-state index contributed by atoms with van der Waals surface area (Å²) in [5.74, 6) is 2.35. The number of ether oxygens (including phenoxy) is 1. The number of methoxy groups -OCH3 is 1. The molecule has 0 fully saturated rings. The van der Waals surface area contributed by atoms with Crippen molar-refractivity contribution in [3.05, 3.63) is 28.5 Å². The van der Waals surface area contributed by atoms with Crippen molar-refractivity contribution in [2.75, 3.05) is 7.11 Å². The maximum atomic E-state index is 5.33. The average molecular weight is 296 g/mol. The van der Waals surface area contributed by atoms with E-state index >= 15 is 0 Å². The van der Waals surface area contributed by atoms with Gasteiger partial charge in [-0.1, -0.05) is 22.9 Å². The van der Waals surface area contributed by atoms with Crippen molar-refractivity contribution in [2.24, 2.45) is 0 Å². The molecule has 0 aliphatic carbocycles. The predicted molar refractivity (Wildman–Crippen MR) is 70.1 cm³/mol. The lowest BCUT2D eigenvalue weighted by molar-refractivity contribution is 0.416.